The zero-order valence-corrected chi connectivity index (χ0v) is 8.51. The fourth-order valence-corrected chi connectivity index (χ4v) is 1.51. The number of furan rings is 1. The van der Waals surface area contributed by atoms with Crippen LogP contribution in [0.5, 0.6) is 0 Å². The lowest BCUT2D eigenvalue weighted by Gasteiger charge is -2.07. The smallest absolute Gasteiger partial charge is 0.416 e. The molecule has 0 N–H and O–H groups in total. The van der Waals surface area contributed by atoms with Crippen LogP contribution in [0.1, 0.15) is 11.1 Å². The molecular formula is C12H9F3O. The standard InChI is InChI=1S/C12H9F3O/c1-8-5-6-16-11(8)9-3-2-4-10(7-9)12(13,14)15/h2-7H,1H3. The minimum absolute atomic E-state index is 0.442. The molecule has 0 saturated heterocycles. The largest absolute Gasteiger partial charge is 0.464 e. The Morgan fingerprint density at radius 3 is 2.44 bits per heavy atom. The molecule has 2 aromatic rings. The highest BCUT2D eigenvalue weighted by Crippen LogP contribution is 2.33. The third kappa shape index (κ3) is 1.96. The van der Waals surface area contributed by atoms with Crippen LogP contribution in [-0.4, -0.2) is 0 Å². The molecule has 0 unspecified atom stereocenters. The molecule has 0 aliphatic carbocycles. The molecule has 1 aromatic heterocycles. The van der Waals surface area contributed by atoms with Gasteiger partial charge in [0.2, 0.25) is 0 Å². The van der Waals surface area contributed by atoms with Gasteiger partial charge in [-0.3, -0.25) is 0 Å². The van der Waals surface area contributed by atoms with E-state index < -0.39 is 11.7 Å². The van der Waals surface area contributed by atoms with E-state index in [-0.39, 0.29) is 0 Å². The number of halogens is 3. The van der Waals surface area contributed by atoms with E-state index in [4.69, 9.17) is 4.42 Å². The van der Waals surface area contributed by atoms with Crippen molar-refractivity contribution in [2.24, 2.45) is 0 Å². The summed E-state index contributed by atoms with van der Waals surface area (Å²) in [7, 11) is 0. The first kappa shape index (κ1) is 10.8. The summed E-state index contributed by atoms with van der Waals surface area (Å²) >= 11 is 0. The summed E-state index contributed by atoms with van der Waals surface area (Å²) in [5.41, 5.74) is 0.595. The van der Waals surface area contributed by atoms with Gasteiger partial charge >= 0.3 is 6.18 Å². The number of hydrogen-bond donors (Lipinski definition) is 0. The van der Waals surface area contributed by atoms with Gasteiger partial charge in [-0.15, -0.1) is 0 Å². The minimum atomic E-state index is -4.32. The average Bonchev–Trinajstić information content (AvgIpc) is 2.63. The summed E-state index contributed by atoms with van der Waals surface area (Å²) in [4.78, 5) is 0. The van der Waals surface area contributed by atoms with Crippen molar-refractivity contribution in [3.8, 4) is 11.3 Å². The highest BCUT2D eigenvalue weighted by atomic mass is 19.4. The van der Waals surface area contributed by atoms with E-state index in [9.17, 15) is 13.2 Å². The fraction of sp³-hybridized carbons (Fsp3) is 0.167. The van der Waals surface area contributed by atoms with Gasteiger partial charge in [0.1, 0.15) is 5.76 Å². The summed E-state index contributed by atoms with van der Waals surface area (Å²) in [6, 6.07) is 6.82. The Morgan fingerprint density at radius 1 is 1.12 bits per heavy atom. The van der Waals surface area contributed by atoms with Gasteiger partial charge in [0.15, 0.2) is 0 Å². The van der Waals surface area contributed by atoms with Crippen LogP contribution in [-0.2, 0) is 6.18 Å². The van der Waals surface area contributed by atoms with Crippen molar-refractivity contribution in [1.29, 1.82) is 0 Å². The lowest BCUT2D eigenvalue weighted by molar-refractivity contribution is -0.137. The molecule has 0 aliphatic heterocycles. The Kier molecular flexibility index (Phi) is 2.50. The second-order valence-electron chi connectivity index (χ2n) is 3.51. The molecule has 1 aromatic carbocycles. The first-order valence-corrected chi connectivity index (χ1v) is 4.70. The van der Waals surface area contributed by atoms with Crippen molar-refractivity contribution >= 4 is 0 Å². The van der Waals surface area contributed by atoms with Crippen molar-refractivity contribution in [2.45, 2.75) is 13.1 Å². The Bertz CT molecular complexity index is 497. The molecule has 0 saturated carbocycles. The van der Waals surface area contributed by atoms with E-state index in [1.165, 1.54) is 12.3 Å². The van der Waals surface area contributed by atoms with E-state index >= 15 is 0 Å². The van der Waals surface area contributed by atoms with Crippen LogP contribution in [0.25, 0.3) is 11.3 Å². The Balaban J connectivity index is 2.49. The highest BCUT2D eigenvalue weighted by molar-refractivity contribution is 5.62. The summed E-state index contributed by atoms with van der Waals surface area (Å²) in [6.07, 6.45) is -2.86. The molecule has 1 heterocycles. The second kappa shape index (κ2) is 3.70. The molecule has 1 nitrogen and oxygen atoms in total. The Hall–Kier alpha value is -1.71. The summed E-state index contributed by atoms with van der Waals surface area (Å²) in [5.74, 6) is 0.478. The fourth-order valence-electron chi connectivity index (χ4n) is 1.51. The second-order valence-corrected chi connectivity index (χ2v) is 3.51. The molecular weight excluding hydrogens is 217 g/mol. The van der Waals surface area contributed by atoms with Crippen molar-refractivity contribution in [3.05, 3.63) is 47.7 Å². The maximum absolute atomic E-state index is 12.5. The molecule has 4 heteroatoms. The quantitative estimate of drug-likeness (QED) is 0.707. The molecule has 0 amide bonds. The van der Waals surface area contributed by atoms with Crippen LogP contribution in [0.3, 0.4) is 0 Å². The van der Waals surface area contributed by atoms with E-state index in [0.717, 1.165) is 17.7 Å². The molecule has 16 heavy (non-hydrogen) atoms. The van der Waals surface area contributed by atoms with Gasteiger partial charge in [-0.2, -0.15) is 13.2 Å². The summed E-state index contributed by atoms with van der Waals surface area (Å²) < 4.78 is 42.6. The van der Waals surface area contributed by atoms with E-state index in [2.05, 4.69) is 0 Å². The molecule has 0 bridgehead atoms. The lowest BCUT2D eigenvalue weighted by Crippen LogP contribution is -2.04. The third-order valence-electron chi connectivity index (χ3n) is 2.31. The van der Waals surface area contributed by atoms with Gasteiger partial charge in [0.05, 0.1) is 11.8 Å². The molecule has 84 valence electrons. The number of rotatable bonds is 1. The Morgan fingerprint density at radius 2 is 1.88 bits per heavy atom. The van der Waals surface area contributed by atoms with Gasteiger partial charge in [-0.1, -0.05) is 12.1 Å². The molecule has 0 atom stereocenters. The van der Waals surface area contributed by atoms with Crippen molar-refractivity contribution in [1.82, 2.24) is 0 Å². The van der Waals surface area contributed by atoms with Crippen LogP contribution in [0.15, 0.2) is 41.0 Å². The molecule has 0 spiro atoms. The van der Waals surface area contributed by atoms with Crippen LogP contribution < -0.4 is 0 Å². The van der Waals surface area contributed by atoms with E-state index in [1.807, 2.05) is 0 Å². The normalized spacial score (nSPS) is 11.8. The topological polar surface area (TPSA) is 13.1 Å². The number of hydrogen-bond acceptors (Lipinski definition) is 1. The zero-order chi connectivity index (χ0) is 11.8. The van der Waals surface area contributed by atoms with Crippen LogP contribution in [0.4, 0.5) is 13.2 Å². The van der Waals surface area contributed by atoms with Crippen LogP contribution >= 0.6 is 0 Å². The third-order valence-corrected chi connectivity index (χ3v) is 2.31. The van der Waals surface area contributed by atoms with Gasteiger partial charge in [-0.25, -0.2) is 0 Å². The number of benzene rings is 1. The molecule has 0 radical (unpaired) electrons. The maximum Gasteiger partial charge on any atom is 0.416 e. The minimum Gasteiger partial charge on any atom is -0.464 e. The first-order chi connectivity index (χ1) is 7.48. The molecule has 0 aliphatic rings. The van der Waals surface area contributed by atoms with Gasteiger partial charge in [-0.05, 0) is 30.7 Å². The summed E-state index contributed by atoms with van der Waals surface area (Å²) in [5, 5.41) is 0. The lowest BCUT2D eigenvalue weighted by atomic mass is 10.1. The van der Waals surface area contributed by atoms with Crippen LogP contribution in [0.2, 0.25) is 0 Å². The van der Waals surface area contributed by atoms with Crippen molar-refractivity contribution in [3.63, 3.8) is 0 Å². The Labute approximate surface area is 90.5 Å². The predicted molar refractivity (Wildman–Crippen MR) is 53.9 cm³/mol. The molecule has 0 fully saturated rings. The zero-order valence-electron chi connectivity index (χ0n) is 8.51. The van der Waals surface area contributed by atoms with E-state index in [0.29, 0.717) is 11.3 Å². The molecule has 2 rings (SSSR count). The number of aryl methyl sites for hydroxylation is 1. The van der Waals surface area contributed by atoms with Crippen molar-refractivity contribution in [2.75, 3.05) is 0 Å². The van der Waals surface area contributed by atoms with Crippen molar-refractivity contribution < 1.29 is 17.6 Å². The van der Waals surface area contributed by atoms with Crippen LogP contribution in [0, 0.1) is 6.92 Å². The monoisotopic (exact) mass is 226 g/mol. The van der Waals surface area contributed by atoms with Gasteiger partial charge in [0, 0.05) is 5.56 Å². The van der Waals surface area contributed by atoms with Gasteiger partial charge < -0.3 is 4.42 Å². The highest BCUT2D eigenvalue weighted by Gasteiger charge is 2.30. The maximum atomic E-state index is 12.5. The predicted octanol–water partition coefficient (Wildman–Crippen LogP) is 4.27. The van der Waals surface area contributed by atoms with E-state index in [1.54, 1.807) is 19.1 Å². The SMILES string of the molecule is Cc1ccoc1-c1cccc(C(F)(F)F)c1. The van der Waals surface area contributed by atoms with Gasteiger partial charge in [0.25, 0.3) is 0 Å². The summed E-state index contributed by atoms with van der Waals surface area (Å²) in [6.45, 7) is 1.79. The first-order valence-electron chi connectivity index (χ1n) is 4.70. The average molecular weight is 226 g/mol. The number of alkyl halides is 3.